The third-order valence-electron chi connectivity index (χ3n) is 2.35. The summed E-state index contributed by atoms with van der Waals surface area (Å²) < 4.78 is 10.9. The molecule has 0 aromatic carbocycles. The summed E-state index contributed by atoms with van der Waals surface area (Å²) in [6.07, 6.45) is 0.562. The first-order valence-corrected chi connectivity index (χ1v) is 5.29. The fraction of sp³-hybridized carbons (Fsp3) is 0.900. The van der Waals surface area contributed by atoms with E-state index in [1.165, 1.54) is 0 Å². The first-order valence-electron chi connectivity index (χ1n) is 5.29. The summed E-state index contributed by atoms with van der Waals surface area (Å²) in [4.78, 5) is 11.4. The van der Waals surface area contributed by atoms with E-state index in [-0.39, 0.29) is 12.0 Å². The van der Waals surface area contributed by atoms with E-state index in [0.717, 1.165) is 0 Å². The van der Waals surface area contributed by atoms with Gasteiger partial charge in [-0.05, 0) is 20.3 Å². The predicted octanol–water partition coefficient (Wildman–Crippen LogP) is -0.00860. The molecule has 0 aliphatic carbocycles. The second-order valence-corrected chi connectivity index (χ2v) is 4.21. The van der Waals surface area contributed by atoms with Gasteiger partial charge in [-0.3, -0.25) is 4.79 Å². The van der Waals surface area contributed by atoms with Crippen LogP contribution in [0, 0.1) is 0 Å². The number of carbonyl (C=O) groups excluding carboxylic acids is 1. The molecule has 0 bridgehead atoms. The fourth-order valence-corrected chi connectivity index (χ4v) is 1.39. The standard InChI is InChI=1S/C10H20N2O3/c1-4-8(11)9(13)12-5-7-6-14-10(2,3)15-7/h7-8H,4-6,11H2,1-3H3,(H,12,13). The second-order valence-electron chi connectivity index (χ2n) is 4.21. The summed E-state index contributed by atoms with van der Waals surface area (Å²) >= 11 is 0. The van der Waals surface area contributed by atoms with Gasteiger partial charge in [0, 0.05) is 6.54 Å². The van der Waals surface area contributed by atoms with E-state index < -0.39 is 11.8 Å². The van der Waals surface area contributed by atoms with Crippen LogP contribution in [0.15, 0.2) is 0 Å². The van der Waals surface area contributed by atoms with Crippen LogP contribution >= 0.6 is 0 Å². The SMILES string of the molecule is CCC(N)C(=O)NCC1COC(C)(C)O1. The Kier molecular flexibility index (Phi) is 4.07. The third kappa shape index (κ3) is 3.77. The molecule has 15 heavy (non-hydrogen) atoms. The molecular weight excluding hydrogens is 196 g/mol. The van der Waals surface area contributed by atoms with Crippen molar-refractivity contribution in [2.45, 2.75) is 45.1 Å². The van der Waals surface area contributed by atoms with Crippen molar-refractivity contribution in [3.8, 4) is 0 Å². The van der Waals surface area contributed by atoms with Gasteiger partial charge in [-0.2, -0.15) is 0 Å². The molecule has 0 saturated carbocycles. The summed E-state index contributed by atoms with van der Waals surface area (Å²) in [6.45, 7) is 6.55. The quantitative estimate of drug-likeness (QED) is 0.693. The highest BCUT2D eigenvalue weighted by Crippen LogP contribution is 2.21. The van der Waals surface area contributed by atoms with Gasteiger partial charge < -0.3 is 20.5 Å². The zero-order valence-electron chi connectivity index (χ0n) is 9.58. The van der Waals surface area contributed by atoms with Crippen LogP contribution in [-0.2, 0) is 14.3 Å². The predicted molar refractivity (Wildman–Crippen MR) is 56.2 cm³/mol. The lowest BCUT2D eigenvalue weighted by Crippen LogP contribution is -2.43. The zero-order chi connectivity index (χ0) is 11.5. The first kappa shape index (κ1) is 12.4. The molecule has 88 valence electrons. The highest BCUT2D eigenvalue weighted by molar-refractivity contribution is 5.81. The number of rotatable bonds is 4. The van der Waals surface area contributed by atoms with Crippen LogP contribution in [0.2, 0.25) is 0 Å². The van der Waals surface area contributed by atoms with Gasteiger partial charge in [0.2, 0.25) is 5.91 Å². The van der Waals surface area contributed by atoms with Crippen molar-refractivity contribution in [2.75, 3.05) is 13.2 Å². The van der Waals surface area contributed by atoms with Crippen LogP contribution in [0.5, 0.6) is 0 Å². The molecule has 1 aliphatic rings. The molecule has 2 atom stereocenters. The van der Waals surface area contributed by atoms with Gasteiger partial charge in [0.05, 0.1) is 12.6 Å². The molecule has 1 aliphatic heterocycles. The number of amides is 1. The molecule has 0 aromatic heterocycles. The largest absolute Gasteiger partial charge is 0.352 e. The maximum Gasteiger partial charge on any atom is 0.236 e. The van der Waals surface area contributed by atoms with E-state index in [1.807, 2.05) is 20.8 Å². The number of hydrogen-bond donors (Lipinski definition) is 2. The highest BCUT2D eigenvalue weighted by atomic mass is 16.7. The van der Waals surface area contributed by atoms with Gasteiger partial charge in [0.1, 0.15) is 6.10 Å². The normalized spacial score (nSPS) is 26.3. The van der Waals surface area contributed by atoms with Crippen molar-refractivity contribution in [3.63, 3.8) is 0 Å². The average molecular weight is 216 g/mol. The molecule has 0 radical (unpaired) electrons. The van der Waals surface area contributed by atoms with E-state index in [4.69, 9.17) is 15.2 Å². The van der Waals surface area contributed by atoms with Gasteiger partial charge in [-0.25, -0.2) is 0 Å². The monoisotopic (exact) mass is 216 g/mol. The lowest BCUT2D eigenvalue weighted by molar-refractivity contribution is -0.139. The molecule has 1 heterocycles. The van der Waals surface area contributed by atoms with Gasteiger partial charge >= 0.3 is 0 Å². The number of nitrogens with two attached hydrogens (primary N) is 1. The van der Waals surface area contributed by atoms with Crippen LogP contribution in [0.25, 0.3) is 0 Å². The van der Waals surface area contributed by atoms with Crippen LogP contribution < -0.4 is 11.1 Å². The first-order chi connectivity index (χ1) is 6.94. The molecule has 5 nitrogen and oxygen atoms in total. The minimum atomic E-state index is -0.539. The molecule has 1 amide bonds. The number of nitrogens with one attached hydrogen (secondary N) is 1. The fourth-order valence-electron chi connectivity index (χ4n) is 1.39. The second kappa shape index (κ2) is 4.92. The summed E-state index contributed by atoms with van der Waals surface area (Å²) in [5.41, 5.74) is 5.57. The molecule has 2 unspecified atom stereocenters. The lowest BCUT2D eigenvalue weighted by Gasteiger charge is -2.17. The van der Waals surface area contributed by atoms with Gasteiger partial charge in [-0.1, -0.05) is 6.92 Å². The molecule has 0 aromatic rings. The van der Waals surface area contributed by atoms with E-state index in [2.05, 4.69) is 5.32 Å². The topological polar surface area (TPSA) is 73.6 Å². The molecule has 3 N–H and O–H groups in total. The molecule has 0 spiro atoms. The summed E-state index contributed by atoms with van der Waals surface area (Å²) in [5.74, 6) is -0.673. The Balaban J connectivity index is 2.24. The van der Waals surface area contributed by atoms with Crippen molar-refractivity contribution in [1.82, 2.24) is 5.32 Å². The average Bonchev–Trinajstić information content (AvgIpc) is 2.53. The highest BCUT2D eigenvalue weighted by Gasteiger charge is 2.32. The van der Waals surface area contributed by atoms with Crippen molar-refractivity contribution >= 4 is 5.91 Å². The Morgan fingerprint density at radius 3 is 2.80 bits per heavy atom. The van der Waals surface area contributed by atoms with Crippen molar-refractivity contribution in [3.05, 3.63) is 0 Å². The van der Waals surface area contributed by atoms with E-state index in [0.29, 0.717) is 19.6 Å². The summed E-state index contributed by atoms with van der Waals surface area (Å²) in [7, 11) is 0. The number of carbonyl (C=O) groups is 1. The maximum absolute atomic E-state index is 11.4. The zero-order valence-corrected chi connectivity index (χ0v) is 9.58. The van der Waals surface area contributed by atoms with E-state index >= 15 is 0 Å². The molecule has 1 rings (SSSR count). The van der Waals surface area contributed by atoms with E-state index in [1.54, 1.807) is 0 Å². The van der Waals surface area contributed by atoms with Crippen molar-refractivity contribution in [2.24, 2.45) is 5.73 Å². The van der Waals surface area contributed by atoms with Gasteiger partial charge in [0.25, 0.3) is 0 Å². The summed E-state index contributed by atoms with van der Waals surface area (Å²) in [6, 6.07) is -0.430. The Bertz CT molecular complexity index is 231. The maximum atomic E-state index is 11.4. The number of ether oxygens (including phenoxy) is 2. The van der Waals surface area contributed by atoms with Crippen molar-refractivity contribution in [1.29, 1.82) is 0 Å². The van der Waals surface area contributed by atoms with Gasteiger partial charge in [0.15, 0.2) is 5.79 Å². The smallest absolute Gasteiger partial charge is 0.236 e. The van der Waals surface area contributed by atoms with Crippen LogP contribution in [0.3, 0.4) is 0 Å². The Morgan fingerprint density at radius 2 is 2.33 bits per heavy atom. The molecular formula is C10H20N2O3. The minimum Gasteiger partial charge on any atom is -0.352 e. The Hall–Kier alpha value is -0.650. The van der Waals surface area contributed by atoms with Crippen molar-refractivity contribution < 1.29 is 14.3 Å². The lowest BCUT2D eigenvalue weighted by atomic mass is 10.2. The van der Waals surface area contributed by atoms with Gasteiger partial charge in [-0.15, -0.1) is 0 Å². The van der Waals surface area contributed by atoms with Crippen LogP contribution in [0.4, 0.5) is 0 Å². The third-order valence-corrected chi connectivity index (χ3v) is 2.35. The molecule has 1 saturated heterocycles. The molecule has 5 heteroatoms. The molecule has 1 fully saturated rings. The Labute approximate surface area is 90.3 Å². The minimum absolute atomic E-state index is 0.0759. The number of hydrogen-bond acceptors (Lipinski definition) is 4. The Morgan fingerprint density at radius 1 is 1.67 bits per heavy atom. The van der Waals surface area contributed by atoms with Crippen LogP contribution in [0.1, 0.15) is 27.2 Å². The van der Waals surface area contributed by atoms with Crippen LogP contribution in [-0.4, -0.2) is 37.0 Å². The van der Waals surface area contributed by atoms with E-state index in [9.17, 15) is 4.79 Å². The summed E-state index contributed by atoms with van der Waals surface area (Å²) in [5, 5.41) is 2.74.